The van der Waals surface area contributed by atoms with Crippen LogP contribution in [0.1, 0.15) is 5.56 Å². The molecule has 2 aromatic rings. The fourth-order valence-electron chi connectivity index (χ4n) is 1.73. The topological polar surface area (TPSA) is 58.3 Å². The summed E-state index contributed by atoms with van der Waals surface area (Å²) in [5, 5.41) is 12.5. The van der Waals surface area contributed by atoms with Crippen molar-refractivity contribution in [2.24, 2.45) is 5.73 Å². The van der Waals surface area contributed by atoms with Gasteiger partial charge in [-0.3, -0.25) is 0 Å². The maximum Gasteiger partial charge on any atom is 0.0834 e. The maximum absolute atomic E-state index is 9.39. The van der Waals surface area contributed by atoms with Gasteiger partial charge in [0.15, 0.2) is 0 Å². The van der Waals surface area contributed by atoms with Crippen molar-refractivity contribution in [3.8, 4) is 0 Å². The van der Waals surface area contributed by atoms with Crippen molar-refractivity contribution >= 4 is 17.4 Å². The molecule has 0 heterocycles. The van der Waals surface area contributed by atoms with Crippen LogP contribution in [-0.2, 0) is 5.75 Å². The molecule has 4 N–H and O–H groups in total. The number of nitrogens with one attached hydrogen (secondary N) is 1. The molecule has 0 aliphatic heterocycles. The summed E-state index contributed by atoms with van der Waals surface area (Å²) in [4.78, 5) is 1.23. The summed E-state index contributed by atoms with van der Waals surface area (Å²) in [6.07, 6.45) is -0.498. The molecule has 0 bridgehead atoms. The van der Waals surface area contributed by atoms with Gasteiger partial charge in [0.05, 0.1) is 6.10 Å². The van der Waals surface area contributed by atoms with Crippen molar-refractivity contribution < 1.29 is 5.11 Å². The van der Waals surface area contributed by atoms with E-state index in [0.29, 0.717) is 6.54 Å². The molecule has 4 heteroatoms. The Kier molecular flexibility index (Phi) is 5.92. The average molecular weight is 288 g/mol. The van der Waals surface area contributed by atoms with Crippen molar-refractivity contribution in [3.63, 3.8) is 0 Å². The number of benzene rings is 2. The highest BCUT2D eigenvalue weighted by Gasteiger charge is 2.01. The zero-order chi connectivity index (χ0) is 14.2. The van der Waals surface area contributed by atoms with Crippen LogP contribution >= 0.6 is 11.8 Å². The van der Waals surface area contributed by atoms with Crippen molar-refractivity contribution in [3.05, 3.63) is 60.2 Å². The summed E-state index contributed by atoms with van der Waals surface area (Å²) in [7, 11) is 0. The Balaban J connectivity index is 1.82. The van der Waals surface area contributed by atoms with Crippen LogP contribution in [0.2, 0.25) is 0 Å². The van der Waals surface area contributed by atoms with Crippen molar-refractivity contribution in [1.29, 1.82) is 0 Å². The Morgan fingerprint density at radius 2 is 1.75 bits per heavy atom. The molecule has 0 spiro atoms. The van der Waals surface area contributed by atoms with E-state index in [1.165, 1.54) is 10.5 Å². The zero-order valence-corrected chi connectivity index (χ0v) is 12.1. The van der Waals surface area contributed by atoms with E-state index in [-0.39, 0.29) is 6.54 Å². The van der Waals surface area contributed by atoms with Crippen molar-refractivity contribution in [2.75, 3.05) is 18.4 Å². The van der Waals surface area contributed by atoms with Gasteiger partial charge in [-0.2, -0.15) is 0 Å². The molecule has 1 unspecified atom stereocenters. The number of nitrogens with two attached hydrogens (primary N) is 1. The lowest BCUT2D eigenvalue weighted by Crippen LogP contribution is -2.27. The summed E-state index contributed by atoms with van der Waals surface area (Å²) in [5.74, 6) is 0.972. The summed E-state index contributed by atoms with van der Waals surface area (Å²) >= 11 is 1.81. The van der Waals surface area contributed by atoms with E-state index in [4.69, 9.17) is 5.73 Å². The third kappa shape index (κ3) is 4.89. The van der Waals surface area contributed by atoms with Crippen LogP contribution in [-0.4, -0.2) is 24.3 Å². The zero-order valence-electron chi connectivity index (χ0n) is 11.3. The minimum atomic E-state index is -0.498. The van der Waals surface area contributed by atoms with Gasteiger partial charge in [0.1, 0.15) is 0 Å². The predicted molar refractivity (Wildman–Crippen MR) is 86.0 cm³/mol. The predicted octanol–water partition coefficient (Wildman–Crippen LogP) is 2.71. The van der Waals surface area contributed by atoms with Gasteiger partial charge in [0, 0.05) is 29.4 Å². The second-order valence-corrected chi connectivity index (χ2v) is 5.62. The molecule has 0 fully saturated rings. The molecule has 0 radical (unpaired) electrons. The molecule has 20 heavy (non-hydrogen) atoms. The Labute approximate surface area is 124 Å². The minimum absolute atomic E-state index is 0.276. The van der Waals surface area contributed by atoms with Gasteiger partial charge in [-0.15, -0.1) is 11.8 Å². The largest absolute Gasteiger partial charge is 0.390 e. The number of rotatable bonds is 7. The summed E-state index contributed by atoms with van der Waals surface area (Å²) in [6, 6.07) is 18.7. The third-order valence-corrected chi connectivity index (χ3v) is 4.00. The van der Waals surface area contributed by atoms with E-state index in [9.17, 15) is 5.11 Å². The fourth-order valence-corrected chi connectivity index (χ4v) is 2.58. The van der Waals surface area contributed by atoms with Gasteiger partial charge in [-0.25, -0.2) is 0 Å². The number of aliphatic hydroxyl groups excluding tert-OH is 1. The minimum Gasteiger partial charge on any atom is -0.390 e. The summed E-state index contributed by atoms with van der Waals surface area (Å²) in [6.45, 7) is 0.755. The van der Waals surface area contributed by atoms with Crippen LogP contribution in [0.3, 0.4) is 0 Å². The van der Waals surface area contributed by atoms with Gasteiger partial charge < -0.3 is 16.2 Å². The number of thioether (sulfide) groups is 1. The highest BCUT2D eigenvalue weighted by molar-refractivity contribution is 7.98. The lowest BCUT2D eigenvalue weighted by atomic mass is 10.2. The Morgan fingerprint density at radius 3 is 2.40 bits per heavy atom. The second-order valence-electron chi connectivity index (χ2n) is 4.57. The van der Waals surface area contributed by atoms with Gasteiger partial charge in [-0.05, 0) is 29.8 Å². The van der Waals surface area contributed by atoms with E-state index in [0.717, 1.165) is 11.4 Å². The third-order valence-electron chi connectivity index (χ3n) is 2.92. The van der Waals surface area contributed by atoms with E-state index in [1.54, 1.807) is 0 Å². The number of aliphatic hydroxyl groups is 1. The molecular weight excluding hydrogens is 268 g/mol. The SMILES string of the molecule is NCC(O)CNc1ccc(SCc2ccccc2)cc1. The standard InChI is InChI=1S/C16H20N2OS/c17-10-15(19)11-18-14-6-8-16(9-7-14)20-12-13-4-2-1-3-5-13/h1-9,15,18-19H,10-12,17H2. The van der Waals surface area contributed by atoms with Gasteiger partial charge in [0.2, 0.25) is 0 Å². The number of anilines is 1. The van der Waals surface area contributed by atoms with E-state index >= 15 is 0 Å². The smallest absolute Gasteiger partial charge is 0.0834 e. The molecule has 0 aliphatic rings. The number of hydrogen-bond donors (Lipinski definition) is 3. The van der Waals surface area contributed by atoms with Crippen LogP contribution in [0.5, 0.6) is 0 Å². The first-order valence-electron chi connectivity index (χ1n) is 6.66. The number of hydrogen-bond acceptors (Lipinski definition) is 4. The van der Waals surface area contributed by atoms with Crippen LogP contribution in [0.15, 0.2) is 59.5 Å². The van der Waals surface area contributed by atoms with Crippen LogP contribution in [0.25, 0.3) is 0 Å². The quantitative estimate of drug-likeness (QED) is 0.686. The van der Waals surface area contributed by atoms with Crippen LogP contribution in [0.4, 0.5) is 5.69 Å². The van der Waals surface area contributed by atoms with E-state index in [1.807, 2.05) is 30.0 Å². The second kappa shape index (κ2) is 7.94. The summed E-state index contributed by atoms with van der Waals surface area (Å²) < 4.78 is 0. The average Bonchev–Trinajstić information content (AvgIpc) is 2.52. The fraction of sp³-hybridized carbons (Fsp3) is 0.250. The van der Waals surface area contributed by atoms with Gasteiger partial charge >= 0.3 is 0 Å². The molecular formula is C16H20N2OS. The van der Waals surface area contributed by atoms with Crippen molar-refractivity contribution in [2.45, 2.75) is 16.8 Å². The molecule has 106 valence electrons. The molecule has 0 saturated carbocycles. The van der Waals surface area contributed by atoms with Gasteiger partial charge in [-0.1, -0.05) is 30.3 Å². The summed E-state index contributed by atoms with van der Waals surface area (Å²) in [5.41, 5.74) is 7.69. The van der Waals surface area contributed by atoms with E-state index < -0.39 is 6.10 Å². The van der Waals surface area contributed by atoms with E-state index in [2.05, 4.69) is 41.7 Å². The van der Waals surface area contributed by atoms with Crippen molar-refractivity contribution in [1.82, 2.24) is 0 Å². The molecule has 0 aromatic heterocycles. The molecule has 0 amide bonds. The monoisotopic (exact) mass is 288 g/mol. The molecule has 0 saturated heterocycles. The Morgan fingerprint density at radius 1 is 1.05 bits per heavy atom. The lowest BCUT2D eigenvalue weighted by Gasteiger charge is -2.11. The molecule has 2 aromatic carbocycles. The maximum atomic E-state index is 9.39. The first-order valence-corrected chi connectivity index (χ1v) is 7.65. The molecule has 0 aliphatic carbocycles. The van der Waals surface area contributed by atoms with Crippen LogP contribution < -0.4 is 11.1 Å². The Bertz CT molecular complexity index is 502. The molecule has 3 nitrogen and oxygen atoms in total. The first-order chi connectivity index (χ1) is 9.78. The first kappa shape index (κ1) is 14.9. The molecule has 1 atom stereocenters. The highest BCUT2D eigenvalue weighted by Crippen LogP contribution is 2.24. The Hall–Kier alpha value is -1.49. The van der Waals surface area contributed by atoms with Gasteiger partial charge in [0.25, 0.3) is 0 Å². The lowest BCUT2D eigenvalue weighted by molar-refractivity contribution is 0.196. The molecule has 2 rings (SSSR count). The highest BCUT2D eigenvalue weighted by atomic mass is 32.2. The normalized spacial score (nSPS) is 12.1. The van der Waals surface area contributed by atoms with Crippen LogP contribution in [0, 0.1) is 0 Å².